The van der Waals surface area contributed by atoms with E-state index in [4.69, 9.17) is 21.1 Å². The fourth-order valence-corrected chi connectivity index (χ4v) is 3.76. The van der Waals surface area contributed by atoms with Crippen LogP contribution in [0.4, 0.5) is 11.4 Å². The molecule has 174 valence electrons. The first kappa shape index (κ1) is 25.2. The fraction of sp³-hybridized carbons (Fsp3) is 0.154. The smallest absolute Gasteiger partial charge is 0.266 e. The second kappa shape index (κ2) is 11.6. The summed E-state index contributed by atoms with van der Waals surface area (Å²) < 4.78 is 12.1. The molecule has 0 spiro atoms. The molecule has 0 saturated carbocycles. The van der Waals surface area contributed by atoms with Crippen LogP contribution in [0.1, 0.15) is 11.1 Å². The average molecular weight is 541 g/mol. The molecule has 0 fully saturated rings. The highest BCUT2D eigenvalue weighted by Crippen LogP contribution is 2.38. The number of carbonyl (C=O) groups is 1. The summed E-state index contributed by atoms with van der Waals surface area (Å²) in [6.07, 6.45) is 1.50. The third-order valence-corrected chi connectivity index (χ3v) is 5.71. The molecule has 0 aliphatic carbocycles. The van der Waals surface area contributed by atoms with E-state index in [1.165, 1.54) is 13.2 Å². The minimum Gasteiger partial charge on any atom is -0.493 e. The fourth-order valence-electron chi connectivity index (χ4n) is 3.06. The Balaban J connectivity index is 1.78. The van der Waals surface area contributed by atoms with Crippen LogP contribution in [-0.4, -0.2) is 27.1 Å². The Bertz CT molecular complexity index is 1230. The molecule has 1 amide bonds. The van der Waals surface area contributed by atoms with Gasteiger partial charge in [0.25, 0.3) is 5.91 Å². The molecule has 3 aromatic carbocycles. The van der Waals surface area contributed by atoms with Gasteiger partial charge < -0.3 is 19.7 Å². The lowest BCUT2D eigenvalue weighted by molar-refractivity contribution is -0.112. The van der Waals surface area contributed by atoms with Crippen molar-refractivity contribution in [3.63, 3.8) is 0 Å². The van der Waals surface area contributed by atoms with E-state index in [-0.39, 0.29) is 5.57 Å². The Labute approximate surface area is 212 Å². The predicted molar refractivity (Wildman–Crippen MR) is 139 cm³/mol. The summed E-state index contributed by atoms with van der Waals surface area (Å²) in [6, 6.07) is 20.1. The number of hydrogen-bond donors (Lipinski definition) is 1. The van der Waals surface area contributed by atoms with Gasteiger partial charge in [0.05, 0.1) is 11.6 Å². The molecule has 3 aromatic rings. The van der Waals surface area contributed by atoms with Crippen LogP contribution in [0.5, 0.6) is 11.5 Å². The number of hydrogen-bond acceptors (Lipinski definition) is 5. The van der Waals surface area contributed by atoms with Crippen molar-refractivity contribution in [1.29, 1.82) is 5.26 Å². The van der Waals surface area contributed by atoms with E-state index in [1.54, 1.807) is 36.4 Å². The maximum Gasteiger partial charge on any atom is 0.266 e. The standard InChI is InChI=1S/C26H23BrClN3O3/c1-31(2)22-10-8-21(9-11-22)30-26(32)19(15-29)12-18-13-23(27)25(24(14-18)33-3)34-16-17-4-6-20(28)7-5-17/h4-14H,16H2,1-3H3,(H,30,32)/b19-12-. The van der Waals surface area contributed by atoms with Gasteiger partial charge in [0.1, 0.15) is 18.2 Å². The Morgan fingerprint density at radius 2 is 1.82 bits per heavy atom. The Morgan fingerprint density at radius 3 is 2.41 bits per heavy atom. The van der Waals surface area contributed by atoms with Crippen LogP contribution in [0.2, 0.25) is 5.02 Å². The monoisotopic (exact) mass is 539 g/mol. The summed E-state index contributed by atoms with van der Waals surface area (Å²) in [5.74, 6) is 0.475. The molecule has 0 unspecified atom stereocenters. The van der Waals surface area contributed by atoms with Gasteiger partial charge in [0.15, 0.2) is 11.5 Å². The highest BCUT2D eigenvalue weighted by molar-refractivity contribution is 9.10. The first-order chi connectivity index (χ1) is 16.3. The highest BCUT2D eigenvalue weighted by Gasteiger charge is 2.14. The van der Waals surface area contributed by atoms with Gasteiger partial charge in [-0.1, -0.05) is 23.7 Å². The van der Waals surface area contributed by atoms with Crippen LogP contribution >= 0.6 is 27.5 Å². The number of carbonyl (C=O) groups excluding carboxylic acids is 1. The number of benzene rings is 3. The number of halogens is 2. The Kier molecular flexibility index (Phi) is 8.58. The van der Waals surface area contributed by atoms with E-state index in [9.17, 15) is 10.1 Å². The average Bonchev–Trinajstić information content (AvgIpc) is 2.82. The van der Waals surface area contributed by atoms with Crippen LogP contribution in [-0.2, 0) is 11.4 Å². The zero-order valence-corrected chi connectivity index (χ0v) is 21.3. The molecular formula is C26H23BrClN3O3. The number of nitrogens with zero attached hydrogens (tertiary/aromatic N) is 2. The Morgan fingerprint density at radius 1 is 1.15 bits per heavy atom. The largest absolute Gasteiger partial charge is 0.493 e. The molecule has 0 heterocycles. The lowest BCUT2D eigenvalue weighted by atomic mass is 10.1. The summed E-state index contributed by atoms with van der Waals surface area (Å²) in [6.45, 7) is 0.319. The van der Waals surface area contributed by atoms with E-state index in [0.29, 0.717) is 38.9 Å². The molecular weight excluding hydrogens is 518 g/mol. The van der Waals surface area contributed by atoms with E-state index >= 15 is 0 Å². The molecule has 1 N–H and O–H groups in total. The number of rotatable bonds is 8. The molecule has 8 heteroatoms. The molecule has 34 heavy (non-hydrogen) atoms. The number of amides is 1. The molecule has 3 rings (SSSR count). The van der Waals surface area contributed by atoms with Crippen molar-refractivity contribution in [3.8, 4) is 17.6 Å². The molecule has 0 radical (unpaired) electrons. The maximum atomic E-state index is 12.7. The summed E-state index contributed by atoms with van der Waals surface area (Å²) in [5, 5.41) is 13.0. The van der Waals surface area contributed by atoms with Gasteiger partial charge in [-0.25, -0.2) is 0 Å². The van der Waals surface area contributed by atoms with E-state index in [0.717, 1.165) is 11.3 Å². The molecule has 0 aliphatic rings. The zero-order chi connectivity index (χ0) is 24.7. The second-order valence-corrected chi connectivity index (χ2v) is 8.81. The van der Waals surface area contributed by atoms with Crippen LogP contribution in [0.25, 0.3) is 6.08 Å². The van der Waals surface area contributed by atoms with Crippen molar-refractivity contribution in [2.75, 3.05) is 31.4 Å². The predicted octanol–water partition coefficient (Wildman–Crippen LogP) is 6.30. The quantitative estimate of drug-likeness (QED) is 0.268. The van der Waals surface area contributed by atoms with E-state index in [1.807, 2.05) is 49.3 Å². The van der Waals surface area contributed by atoms with Crippen LogP contribution in [0.15, 0.2) is 70.7 Å². The van der Waals surface area contributed by atoms with Gasteiger partial charge in [-0.05, 0) is 81.7 Å². The van der Waals surface area contributed by atoms with Crippen LogP contribution in [0, 0.1) is 11.3 Å². The van der Waals surface area contributed by atoms with Gasteiger partial charge in [0, 0.05) is 30.5 Å². The summed E-state index contributed by atoms with van der Waals surface area (Å²) in [4.78, 5) is 14.6. The maximum absolute atomic E-state index is 12.7. The van der Waals surface area contributed by atoms with Gasteiger partial charge in [-0.3, -0.25) is 4.79 Å². The first-order valence-corrected chi connectivity index (χ1v) is 11.4. The minimum absolute atomic E-state index is 0.0412. The third-order valence-electron chi connectivity index (χ3n) is 4.87. The summed E-state index contributed by atoms with van der Waals surface area (Å²) in [7, 11) is 5.40. The number of ether oxygens (including phenoxy) is 2. The van der Waals surface area contributed by atoms with Crippen molar-refractivity contribution in [3.05, 3.63) is 86.9 Å². The zero-order valence-electron chi connectivity index (χ0n) is 18.9. The summed E-state index contributed by atoms with van der Waals surface area (Å²) in [5.41, 5.74) is 3.12. The van der Waals surface area contributed by atoms with Crippen molar-refractivity contribution in [2.24, 2.45) is 0 Å². The Hall–Kier alpha value is -3.47. The first-order valence-electron chi connectivity index (χ1n) is 10.3. The third kappa shape index (κ3) is 6.53. The van der Waals surface area contributed by atoms with Crippen LogP contribution < -0.4 is 19.7 Å². The van der Waals surface area contributed by atoms with E-state index in [2.05, 4.69) is 21.2 Å². The van der Waals surface area contributed by atoms with Crippen molar-refractivity contribution in [2.45, 2.75) is 6.61 Å². The van der Waals surface area contributed by atoms with Gasteiger partial charge in [-0.15, -0.1) is 0 Å². The number of methoxy groups -OCH3 is 1. The normalized spacial score (nSPS) is 10.9. The summed E-state index contributed by atoms with van der Waals surface area (Å²) >= 11 is 9.43. The second-order valence-electron chi connectivity index (χ2n) is 7.51. The molecule has 0 bridgehead atoms. The number of nitriles is 1. The lowest BCUT2D eigenvalue weighted by Crippen LogP contribution is -2.14. The van der Waals surface area contributed by atoms with Crippen molar-refractivity contribution >= 4 is 50.9 Å². The topological polar surface area (TPSA) is 74.6 Å². The molecule has 0 atom stereocenters. The molecule has 0 aliphatic heterocycles. The van der Waals surface area contributed by atoms with Crippen molar-refractivity contribution in [1.82, 2.24) is 0 Å². The molecule has 6 nitrogen and oxygen atoms in total. The van der Waals surface area contributed by atoms with Crippen molar-refractivity contribution < 1.29 is 14.3 Å². The highest BCUT2D eigenvalue weighted by atomic mass is 79.9. The molecule has 0 saturated heterocycles. The number of nitrogens with one attached hydrogen (secondary N) is 1. The minimum atomic E-state index is -0.502. The lowest BCUT2D eigenvalue weighted by Gasteiger charge is -2.14. The van der Waals surface area contributed by atoms with E-state index < -0.39 is 5.91 Å². The number of anilines is 2. The van der Waals surface area contributed by atoms with Gasteiger partial charge in [-0.2, -0.15) is 5.26 Å². The van der Waals surface area contributed by atoms with Crippen LogP contribution in [0.3, 0.4) is 0 Å². The molecule has 0 aromatic heterocycles. The SMILES string of the molecule is COc1cc(/C=C(/C#N)C(=O)Nc2ccc(N(C)C)cc2)cc(Br)c1OCc1ccc(Cl)cc1. The van der Waals surface area contributed by atoms with Gasteiger partial charge in [0.2, 0.25) is 0 Å². The van der Waals surface area contributed by atoms with Gasteiger partial charge >= 0.3 is 0 Å².